The minimum atomic E-state index is -0.669. The number of anilines is 1. The molecule has 0 aliphatic carbocycles. The number of halogens is 1. The van der Waals surface area contributed by atoms with Crippen molar-refractivity contribution in [1.82, 2.24) is 10.6 Å². The van der Waals surface area contributed by atoms with Crippen LogP contribution in [-0.2, 0) is 4.79 Å². The van der Waals surface area contributed by atoms with E-state index in [2.05, 4.69) is 26.6 Å². The molecule has 0 aliphatic rings. The van der Waals surface area contributed by atoms with Gasteiger partial charge in [-0.3, -0.25) is 9.59 Å². The van der Waals surface area contributed by atoms with E-state index in [0.717, 1.165) is 0 Å². The Labute approximate surface area is 121 Å². The largest absolute Gasteiger partial charge is 0.399 e. The van der Waals surface area contributed by atoms with Crippen LogP contribution in [-0.4, -0.2) is 25.4 Å². The zero-order chi connectivity index (χ0) is 14.6. The maximum Gasteiger partial charge on any atom is 0.252 e. The third-order valence-electron chi connectivity index (χ3n) is 2.77. The highest BCUT2D eigenvalue weighted by molar-refractivity contribution is 9.10. The smallest absolute Gasteiger partial charge is 0.252 e. The molecule has 1 aromatic carbocycles. The van der Waals surface area contributed by atoms with Gasteiger partial charge in [0.1, 0.15) is 0 Å². The van der Waals surface area contributed by atoms with E-state index in [4.69, 9.17) is 5.73 Å². The van der Waals surface area contributed by atoms with Crippen LogP contribution in [0.4, 0.5) is 5.69 Å². The Morgan fingerprint density at radius 2 is 2.00 bits per heavy atom. The summed E-state index contributed by atoms with van der Waals surface area (Å²) in [6.07, 6.45) is 0. The summed E-state index contributed by atoms with van der Waals surface area (Å²) in [5.41, 5.74) is 5.95. The maximum absolute atomic E-state index is 12.0. The number of benzene rings is 1. The van der Waals surface area contributed by atoms with Crippen molar-refractivity contribution in [3.8, 4) is 0 Å². The first-order valence-electron chi connectivity index (χ1n) is 5.83. The van der Waals surface area contributed by atoms with E-state index in [-0.39, 0.29) is 18.4 Å². The molecule has 4 N–H and O–H groups in total. The van der Waals surface area contributed by atoms with Crippen LogP contribution in [0, 0.1) is 5.41 Å². The molecule has 0 atom stereocenters. The highest BCUT2D eigenvalue weighted by atomic mass is 79.9. The first-order valence-corrected chi connectivity index (χ1v) is 6.62. The summed E-state index contributed by atoms with van der Waals surface area (Å²) in [6.45, 7) is 3.77. The highest BCUT2D eigenvalue weighted by Gasteiger charge is 2.27. The van der Waals surface area contributed by atoms with Gasteiger partial charge in [-0.25, -0.2) is 0 Å². The van der Waals surface area contributed by atoms with Gasteiger partial charge in [0, 0.05) is 23.8 Å². The van der Waals surface area contributed by atoms with Crippen molar-refractivity contribution >= 4 is 33.4 Å². The Morgan fingerprint density at radius 1 is 1.37 bits per heavy atom. The minimum Gasteiger partial charge on any atom is -0.399 e. The van der Waals surface area contributed by atoms with Crippen LogP contribution in [0.5, 0.6) is 0 Å². The van der Waals surface area contributed by atoms with E-state index >= 15 is 0 Å². The van der Waals surface area contributed by atoms with Crippen molar-refractivity contribution in [2.24, 2.45) is 5.41 Å². The van der Waals surface area contributed by atoms with E-state index in [1.165, 1.54) is 0 Å². The van der Waals surface area contributed by atoms with Gasteiger partial charge in [0.2, 0.25) is 5.91 Å². The third-order valence-corrected chi connectivity index (χ3v) is 3.46. The van der Waals surface area contributed by atoms with Crippen LogP contribution in [0.25, 0.3) is 0 Å². The lowest BCUT2D eigenvalue weighted by Gasteiger charge is -2.23. The van der Waals surface area contributed by atoms with E-state index in [1.807, 2.05) is 0 Å². The Balaban J connectivity index is 2.76. The van der Waals surface area contributed by atoms with Gasteiger partial charge in [-0.1, -0.05) is 0 Å². The summed E-state index contributed by atoms with van der Waals surface area (Å²) in [4.78, 5) is 23.7. The van der Waals surface area contributed by atoms with Gasteiger partial charge in [0.25, 0.3) is 5.91 Å². The van der Waals surface area contributed by atoms with Gasteiger partial charge >= 0.3 is 0 Å². The number of hydrogen-bond donors (Lipinski definition) is 3. The van der Waals surface area contributed by atoms with Gasteiger partial charge in [-0.2, -0.15) is 0 Å². The van der Waals surface area contributed by atoms with Gasteiger partial charge < -0.3 is 16.4 Å². The molecule has 6 heteroatoms. The van der Waals surface area contributed by atoms with Crippen molar-refractivity contribution in [3.63, 3.8) is 0 Å². The Hall–Kier alpha value is -1.56. The van der Waals surface area contributed by atoms with E-state index in [0.29, 0.717) is 15.7 Å². The fraction of sp³-hybridized carbons (Fsp3) is 0.385. The third kappa shape index (κ3) is 3.96. The second-order valence-electron chi connectivity index (χ2n) is 4.88. The lowest BCUT2D eigenvalue weighted by atomic mass is 9.92. The summed E-state index contributed by atoms with van der Waals surface area (Å²) in [7, 11) is 1.57. The van der Waals surface area contributed by atoms with Gasteiger partial charge in [-0.15, -0.1) is 0 Å². The number of nitrogens with two attached hydrogens (primary N) is 1. The predicted molar refractivity (Wildman–Crippen MR) is 78.7 cm³/mol. The molecule has 0 bridgehead atoms. The topological polar surface area (TPSA) is 84.2 Å². The maximum atomic E-state index is 12.0. The molecule has 0 saturated carbocycles. The SMILES string of the molecule is CNC(=O)C(C)(C)CNC(=O)c1cc(N)ccc1Br. The second-order valence-corrected chi connectivity index (χ2v) is 5.74. The summed E-state index contributed by atoms with van der Waals surface area (Å²) < 4.78 is 0.664. The molecule has 19 heavy (non-hydrogen) atoms. The summed E-state index contributed by atoms with van der Waals surface area (Å²) in [6, 6.07) is 5.01. The van der Waals surface area contributed by atoms with Gasteiger partial charge in [0.05, 0.1) is 11.0 Å². The molecule has 0 heterocycles. The normalized spacial score (nSPS) is 10.9. The molecule has 1 rings (SSSR count). The number of nitrogen functional groups attached to an aromatic ring is 1. The van der Waals surface area contributed by atoms with Crippen LogP contribution >= 0.6 is 15.9 Å². The molecule has 0 radical (unpaired) electrons. The summed E-state index contributed by atoms with van der Waals surface area (Å²) in [5.74, 6) is -0.393. The van der Waals surface area contributed by atoms with Crippen LogP contribution in [0.15, 0.2) is 22.7 Å². The van der Waals surface area contributed by atoms with E-state index in [9.17, 15) is 9.59 Å². The first-order chi connectivity index (χ1) is 8.77. The number of amides is 2. The molecule has 104 valence electrons. The molecule has 0 aromatic heterocycles. The molecule has 5 nitrogen and oxygen atoms in total. The van der Waals surface area contributed by atoms with Crippen molar-refractivity contribution in [3.05, 3.63) is 28.2 Å². The Morgan fingerprint density at radius 3 is 2.58 bits per heavy atom. The van der Waals surface area contributed by atoms with E-state index in [1.54, 1.807) is 39.1 Å². The molecular formula is C13H18BrN3O2. The van der Waals surface area contributed by atoms with Crippen molar-refractivity contribution in [2.45, 2.75) is 13.8 Å². The fourth-order valence-corrected chi connectivity index (χ4v) is 1.96. The average Bonchev–Trinajstić information content (AvgIpc) is 2.37. The van der Waals surface area contributed by atoms with Crippen molar-refractivity contribution in [2.75, 3.05) is 19.3 Å². The molecule has 2 amide bonds. The molecule has 0 spiro atoms. The summed E-state index contributed by atoms with van der Waals surface area (Å²) in [5, 5.41) is 5.31. The van der Waals surface area contributed by atoms with Crippen LogP contribution in [0.2, 0.25) is 0 Å². The van der Waals surface area contributed by atoms with Gasteiger partial charge in [0.15, 0.2) is 0 Å². The molecule has 0 fully saturated rings. The van der Waals surface area contributed by atoms with E-state index < -0.39 is 5.41 Å². The quantitative estimate of drug-likeness (QED) is 0.733. The number of nitrogens with one attached hydrogen (secondary N) is 2. The van der Waals surface area contributed by atoms with Gasteiger partial charge in [-0.05, 0) is 48.0 Å². The second kappa shape index (κ2) is 6.06. The molecule has 0 aliphatic heterocycles. The molecular weight excluding hydrogens is 310 g/mol. The van der Waals surface area contributed by atoms with Crippen LogP contribution in [0.1, 0.15) is 24.2 Å². The average molecular weight is 328 g/mol. The van der Waals surface area contributed by atoms with Crippen molar-refractivity contribution in [1.29, 1.82) is 0 Å². The standard InChI is InChI=1S/C13H18BrN3O2/c1-13(2,12(19)16-3)7-17-11(18)9-6-8(15)4-5-10(9)14/h4-6H,7,15H2,1-3H3,(H,16,19)(H,17,18). The molecule has 0 unspecified atom stereocenters. The first kappa shape index (κ1) is 15.5. The lowest BCUT2D eigenvalue weighted by molar-refractivity contribution is -0.128. The zero-order valence-corrected chi connectivity index (χ0v) is 12.8. The minimum absolute atomic E-state index is 0.126. The number of carbonyl (C=O) groups is 2. The molecule has 0 saturated heterocycles. The van der Waals surface area contributed by atoms with Crippen LogP contribution < -0.4 is 16.4 Å². The number of rotatable bonds is 4. The Bertz CT molecular complexity index is 501. The zero-order valence-electron chi connectivity index (χ0n) is 11.2. The summed E-state index contributed by atoms with van der Waals surface area (Å²) >= 11 is 3.30. The monoisotopic (exact) mass is 327 g/mol. The Kier molecular flexibility index (Phi) is 4.94. The molecule has 1 aromatic rings. The van der Waals surface area contributed by atoms with Crippen molar-refractivity contribution < 1.29 is 9.59 Å². The predicted octanol–water partition coefficient (Wildman–Crippen LogP) is 1.53. The lowest BCUT2D eigenvalue weighted by Crippen LogP contribution is -2.43. The fourth-order valence-electron chi connectivity index (χ4n) is 1.53. The highest BCUT2D eigenvalue weighted by Crippen LogP contribution is 2.20. The van der Waals surface area contributed by atoms with Crippen LogP contribution in [0.3, 0.4) is 0 Å². The number of carbonyl (C=O) groups excluding carboxylic acids is 2. The number of hydrogen-bond acceptors (Lipinski definition) is 3.